The Morgan fingerprint density at radius 3 is 2.82 bits per heavy atom. The molecule has 0 saturated heterocycles. The number of aliphatic hydroxyl groups is 1. The number of alkyl halides is 2. The van der Waals surface area contributed by atoms with Gasteiger partial charge in [0.1, 0.15) is 22.1 Å². The molecule has 1 heterocycles. The zero-order valence-electron chi connectivity index (χ0n) is 11.3. The van der Waals surface area contributed by atoms with E-state index in [1.165, 1.54) is 12.1 Å². The zero-order valence-corrected chi connectivity index (χ0v) is 12.1. The molecule has 8 heteroatoms. The average Bonchev–Trinajstić information content (AvgIpc) is 2.42. The number of rotatable bonds is 4. The molecule has 118 valence electrons. The van der Waals surface area contributed by atoms with Gasteiger partial charge in [-0.2, -0.15) is 0 Å². The summed E-state index contributed by atoms with van der Waals surface area (Å²) >= 11 is 5.03. The molecule has 0 saturated carbocycles. The summed E-state index contributed by atoms with van der Waals surface area (Å²) in [6.07, 6.45) is -3.29. The van der Waals surface area contributed by atoms with Gasteiger partial charge < -0.3 is 15.7 Å². The fourth-order valence-corrected chi connectivity index (χ4v) is 2.42. The highest BCUT2D eigenvalue weighted by Crippen LogP contribution is 2.24. The number of anilines is 1. The van der Waals surface area contributed by atoms with E-state index in [-0.39, 0.29) is 40.5 Å². The monoisotopic (exact) mass is 330 g/mol. The van der Waals surface area contributed by atoms with Crippen LogP contribution in [0.5, 0.6) is 0 Å². The Morgan fingerprint density at radius 2 is 2.18 bits per heavy atom. The van der Waals surface area contributed by atoms with Gasteiger partial charge in [-0.1, -0.05) is 18.3 Å². The third kappa shape index (κ3) is 3.56. The Labute approximate surface area is 130 Å². The van der Waals surface area contributed by atoms with Gasteiger partial charge in [0.05, 0.1) is 0 Å². The molecular formula is C14H13F3N2O2S. The van der Waals surface area contributed by atoms with Gasteiger partial charge in [-0.15, -0.1) is 0 Å². The molecule has 1 aliphatic heterocycles. The van der Waals surface area contributed by atoms with Crippen LogP contribution >= 0.6 is 12.2 Å². The van der Waals surface area contributed by atoms with Gasteiger partial charge in [-0.3, -0.25) is 4.79 Å². The number of hydrogen-bond donors (Lipinski definition) is 3. The molecular weight excluding hydrogens is 317 g/mol. The van der Waals surface area contributed by atoms with Crippen molar-refractivity contribution in [2.75, 3.05) is 11.9 Å². The molecule has 22 heavy (non-hydrogen) atoms. The van der Waals surface area contributed by atoms with Gasteiger partial charge in [0.2, 0.25) is 6.43 Å². The van der Waals surface area contributed by atoms with Crippen LogP contribution in [0.3, 0.4) is 0 Å². The number of aliphatic hydroxyl groups excluding tert-OH is 1. The second kappa shape index (κ2) is 6.78. The molecule has 3 N–H and O–H groups in total. The van der Waals surface area contributed by atoms with E-state index in [9.17, 15) is 23.1 Å². The highest BCUT2D eigenvalue weighted by Gasteiger charge is 2.24. The lowest BCUT2D eigenvalue weighted by molar-refractivity contribution is -0.117. The van der Waals surface area contributed by atoms with Gasteiger partial charge in [-0.25, -0.2) is 13.2 Å². The average molecular weight is 330 g/mol. The van der Waals surface area contributed by atoms with Gasteiger partial charge in [0.15, 0.2) is 0 Å². The van der Waals surface area contributed by atoms with E-state index in [4.69, 9.17) is 12.2 Å². The van der Waals surface area contributed by atoms with E-state index in [2.05, 4.69) is 10.6 Å². The lowest BCUT2D eigenvalue weighted by atomic mass is 10.1. The van der Waals surface area contributed by atoms with E-state index in [1.54, 1.807) is 0 Å². The third-order valence-electron chi connectivity index (χ3n) is 3.12. The van der Waals surface area contributed by atoms with Crippen LogP contribution in [0.1, 0.15) is 12.0 Å². The number of benzene rings is 1. The smallest absolute Gasteiger partial charge is 0.257 e. The number of carbonyl (C=O) groups is 1. The molecule has 0 bridgehead atoms. The Kier molecular flexibility index (Phi) is 5.02. The molecule has 0 atom stereocenters. The second-order valence-corrected chi connectivity index (χ2v) is 5.05. The predicted octanol–water partition coefficient (Wildman–Crippen LogP) is 2.70. The fourth-order valence-electron chi connectivity index (χ4n) is 2.10. The van der Waals surface area contributed by atoms with Crippen molar-refractivity contribution in [1.82, 2.24) is 5.32 Å². The Bertz CT molecular complexity index is 647. The topological polar surface area (TPSA) is 61.4 Å². The fraction of sp³-hybridized carbons (Fsp3) is 0.286. The lowest BCUT2D eigenvalue weighted by Gasteiger charge is -2.19. The van der Waals surface area contributed by atoms with Crippen LogP contribution < -0.4 is 10.6 Å². The van der Waals surface area contributed by atoms with Crippen LogP contribution in [0, 0.1) is 5.82 Å². The van der Waals surface area contributed by atoms with Crippen molar-refractivity contribution >= 4 is 28.8 Å². The summed E-state index contributed by atoms with van der Waals surface area (Å²) in [6.45, 7) is 0.285. The highest BCUT2D eigenvalue weighted by molar-refractivity contribution is 7.81. The Hall–Kier alpha value is -2.09. The molecule has 1 aromatic rings. The maximum atomic E-state index is 13.7. The highest BCUT2D eigenvalue weighted by atomic mass is 32.1. The van der Waals surface area contributed by atoms with Crippen LogP contribution in [0.15, 0.2) is 29.5 Å². The summed E-state index contributed by atoms with van der Waals surface area (Å²) in [5, 5.41) is 14.8. The van der Waals surface area contributed by atoms with Crippen LogP contribution in [-0.2, 0) is 11.2 Å². The van der Waals surface area contributed by atoms with E-state index < -0.39 is 24.6 Å². The number of hydrogen-bond acceptors (Lipinski definition) is 3. The molecule has 0 radical (unpaired) electrons. The summed E-state index contributed by atoms with van der Waals surface area (Å²) in [5.74, 6) is -1.54. The summed E-state index contributed by atoms with van der Waals surface area (Å²) in [5.41, 5.74) is -0.311. The van der Waals surface area contributed by atoms with Gasteiger partial charge >= 0.3 is 0 Å². The molecule has 0 fully saturated rings. The van der Waals surface area contributed by atoms with Gasteiger partial charge in [-0.05, 0) is 12.1 Å². The lowest BCUT2D eigenvalue weighted by Crippen LogP contribution is -2.36. The molecule has 0 aromatic heterocycles. The SMILES string of the molecule is O=C1NCCC(O)=C1C(=S)Nc1cccc(F)c1CC(F)F. The molecule has 2 rings (SSSR count). The van der Waals surface area contributed by atoms with Crippen molar-refractivity contribution in [1.29, 1.82) is 0 Å². The molecule has 4 nitrogen and oxygen atoms in total. The van der Waals surface area contributed by atoms with Gasteiger partial charge in [0.25, 0.3) is 5.91 Å². The van der Waals surface area contributed by atoms with Crippen molar-refractivity contribution in [3.8, 4) is 0 Å². The first-order valence-corrected chi connectivity index (χ1v) is 6.88. The van der Waals surface area contributed by atoms with E-state index in [0.717, 1.165) is 6.07 Å². The summed E-state index contributed by atoms with van der Waals surface area (Å²) in [4.78, 5) is 11.6. The quantitative estimate of drug-likeness (QED) is 0.743. The van der Waals surface area contributed by atoms with Crippen LogP contribution in [-0.4, -0.2) is 29.0 Å². The largest absolute Gasteiger partial charge is 0.511 e. The standard InChI is InChI=1S/C14H13F3N2O2S/c15-8-2-1-3-9(7(8)6-11(16)17)19-14(22)12-10(20)4-5-18-13(12)21/h1-3,11,20H,4-6H2,(H,18,21)(H,19,22). The van der Waals surface area contributed by atoms with E-state index in [1.807, 2.05) is 0 Å². The van der Waals surface area contributed by atoms with Crippen LogP contribution in [0.2, 0.25) is 0 Å². The van der Waals surface area contributed by atoms with Crippen molar-refractivity contribution in [3.05, 3.63) is 40.9 Å². The maximum absolute atomic E-state index is 13.7. The summed E-state index contributed by atoms with van der Waals surface area (Å²) < 4.78 is 38.8. The molecule has 0 spiro atoms. The molecule has 0 aliphatic carbocycles. The third-order valence-corrected chi connectivity index (χ3v) is 3.42. The maximum Gasteiger partial charge on any atom is 0.257 e. The summed E-state index contributed by atoms with van der Waals surface area (Å²) in [6, 6.07) is 3.78. The normalized spacial score (nSPS) is 15.0. The molecule has 1 amide bonds. The Morgan fingerprint density at radius 1 is 1.45 bits per heavy atom. The second-order valence-electron chi connectivity index (χ2n) is 4.64. The number of thiocarbonyl (C=S) groups is 1. The van der Waals surface area contributed by atoms with E-state index >= 15 is 0 Å². The number of amides is 1. The van der Waals surface area contributed by atoms with Crippen molar-refractivity contribution < 1.29 is 23.1 Å². The first-order chi connectivity index (χ1) is 10.4. The first-order valence-electron chi connectivity index (χ1n) is 6.47. The number of halogens is 3. The van der Waals surface area contributed by atoms with Crippen molar-refractivity contribution in [3.63, 3.8) is 0 Å². The first kappa shape index (κ1) is 16.3. The number of carbonyl (C=O) groups excluding carboxylic acids is 1. The van der Waals surface area contributed by atoms with Gasteiger partial charge in [0, 0.05) is 30.6 Å². The van der Waals surface area contributed by atoms with Crippen molar-refractivity contribution in [2.45, 2.75) is 19.3 Å². The minimum absolute atomic E-state index is 0.0453. The molecule has 1 aromatic carbocycles. The Balaban J connectivity index is 2.29. The molecule has 0 unspecified atom stereocenters. The van der Waals surface area contributed by atoms with Crippen LogP contribution in [0.25, 0.3) is 0 Å². The van der Waals surface area contributed by atoms with Crippen LogP contribution in [0.4, 0.5) is 18.9 Å². The minimum atomic E-state index is -2.73. The summed E-state index contributed by atoms with van der Waals surface area (Å²) in [7, 11) is 0. The predicted molar refractivity (Wildman–Crippen MR) is 79.6 cm³/mol. The van der Waals surface area contributed by atoms with E-state index in [0.29, 0.717) is 0 Å². The number of nitrogens with one attached hydrogen (secondary N) is 2. The van der Waals surface area contributed by atoms with Crippen molar-refractivity contribution in [2.24, 2.45) is 0 Å². The molecule has 1 aliphatic rings. The minimum Gasteiger partial charge on any atom is -0.511 e. The zero-order chi connectivity index (χ0) is 16.3.